The first kappa shape index (κ1) is 60.6. The second-order valence-corrected chi connectivity index (χ2v) is 26.6. The first-order valence-corrected chi connectivity index (χ1v) is 35.2. The average Bonchev–Trinajstić information content (AvgIpc) is 1.56. The molecule has 0 bridgehead atoms. The van der Waals surface area contributed by atoms with Crippen molar-refractivity contribution in [1.29, 1.82) is 0 Å². The zero-order valence-electron chi connectivity index (χ0n) is 55.2. The largest absolute Gasteiger partial charge is 0.354 e. The van der Waals surface area contributed by atoms with Crippen LogP contribution in [-0.2, 0) is 0 Å². The van der Waals surface area contributed by atoms with E-state index in [9.17, 15) is 0 Å². The molecule has 0 saturated carbocycles. The van der Waals surface area contributed by atoms with E-state index in [0.717, 1.165) is 15.8 Å². The maximum atomic E-state index is 3.60. The Kier molecular flexibility index (Phi) is 15.7. The van der Waals surface area contributed by atoms with Gasteiger partial charge in [0.05, 0.1) is 33.1 Å². The Morgan fingerprint density at radius 3 is 0.733 bits per heavy atom. The Balaban J connectivity index is 0.000000122. The second-order valence-electron chi connectivity index (χ2n) is 25.7. The molecule has 4 aromatic heterocycles. The van der Waals surface area contributed by atoms with Gasteiger partial charge in [-0.3, -0.25) is 0 Å². The van der Waals surface area contributed by atoms with E-state index in [2.05, 4.69) is 417 Å². The number of nitrogens with one attached hydrogen (secondary N) is 1. The molecule has 20 aromatic rings. The van der Waals surface area contributed by atoms with Gasteiger partial charge in [0.15, 0.2) is 0 Å². The van der Waals surface area contributed by atoms with Crippen LogP contribution in [0.15, 0.2) is 393 Å². The minimum absolute atomic E-state index is 1.11. The zero-order chi connectivity index (χ0) is 67.2. The second kappa shape index (κ2) is 26.2. The van der Waals surface area contributed by atoms with Crippen molar-refractivity contribution < 1.29 is 0 Å². The Hall–Kier alpha value is -12.8. The first-order valence-electron chi connectivity index (χ1n) is 34.4. The molecule has 0 saturated heterocycles. The molecule has 0 aliphatic heterocycles. The molecule has 4 nitrogen and oxygen atoms in total. The van der Waals surface area contributed by atoms with Gasteiger partial charge in [-0.1, -0.05) is 307 Å². The van der Waals surface area contributed by atoms with Crippen LogP contribution in [0.4, 0.5) is 0 Å². The third kappa shape index (κ3) is 11.3. The van der Waals surface area contributed by atoms with Gasteiger partial charge in [-0.2, -0.15) is 0 Å². The third-order valence-electron chi connectivity index (χ3n) is 19.9. The molecule has 5 heteroatoms. The number of rotatable bonds is 9. The van der Waals surface area contributed by atoms with E-state index in [1.165, 1.54) is 160 Å². The minimum atomic E-state index is 1.11. The number of halogens is 1. The van der Waals surface area contributed by atoms with E-state index >= 15 is 0 Å². The summed E-state index contributed by atoms with van der Waals surface area (Å²) in [6.07, 6.45) is 0. The summed E-state index contributed by atoms with van der Waals surface area (Å²) in [7, 11) is 0. The predicted molar refractivity (Wildman–Crippen MR) is 432 cm³/mol. The number of H-pyrrole nitrogens is 1. The van der Waals surface area contributed by atoms with Crippen molar-refractivity contribution in [3.05, 3.63) is 393 Å². The fourth-order valence-corrected chi connectivity index (χ4v) is 15.3. The van der Waals surface area contributed by atoms with Crippen molar-refractivity contribution in [1.82, 2.24) is 18.7 Å². The number of para-hydroxylation sites is 4. The van der Waals surface area contributed by atoms with Crippen molar-refractivity contribution in [2.75, 3.05) is 0 Å². The normalized spacial score (nSPS) is 11.4. The van der Waals surface area contributed by atoms with Gasteiger partial charge in [0, 0.05) is 75.7 Å². The lowest BCUT2D eigenvalue weighted by Gasteiger charge is -2.11. The topological polar surface area (TPSA) is 30.6 Å². The van der Waals surface area contributed by atoms with Gasteiger partial charge in [-0.15, -0.1) is 0 Å². The molecule has 0 spiro atoms. The van der Waals surface area contributed by atoms with Crippen LogP contribution in [-0.4, -0.2) is 18.7 Å². The van der Waals surface area contributed by atoms with E-state index < -0.39 is 0 Å². The van der Waals surface area contributed by atoms with Crippen LogP contribution in [0.5, 0.6) is 0 Å². The quantitative estimate of drug-likeness (QED) is 0.149. The Bertz CT molecular complexity index is 6350. The van der Waals surface area contributed by atoms with Gasteiger partial charge < -0.3 is 18.7 Å². The number of hydrogen-bond donors (Lipinski definition) is 1. The molecule has 0 amide bonds. The van der Waals surface area contributed by atoms with Gasteiger partial charge >= 0.3 is 0 Å². The highest BCUT2D eigenvalue weighted by Crippen LogP contribution is 2.44. The lowest BCUT2D eigenvalue weighted by atomic mass is 10.0. The molecule has 0 fully saturated rings. The van der Waals surface area contributed by atoms with Crippen molar-refractivity contribution >= 4 is 103 Å². The number of aromatic nitrogens is 4. The molecule has 476 valence electrons. The molecule has 0 radical (unpaired) electrons. The van der Waals surface area contributed by atoms with Crippen LogP contribution < -0.4 is 0 Å². The SMILES string of the molecule is Brc1ccc(-c2ccc(-c3ccccc3)cc2)cc1.c1ccc(-c2ccc(-c3ccc(-n4c5ccccc5c5c6c7ccccc7n(-c7ccc(-c8ccccc8)cc7)c6ccc54)cc3)cc2)cc1.c1ccc(-c2ccc(-n3c4ccccc4c4c5c(ccc43)[nH]c3ccccc35)cc2)cc1. The van der Waals surface area contributed by atoms with E-state index in [0.29, 0.717) is 0 Å². The number of hydrogen-bond acceptors (Lipinski definition) is 0. The fourth-order valence-electron chi connectivity index (χ4n) is 15.0. The summed E-state index contributed by atoms with van der Waals surface area (Å²) in [6, 6.07) is 139. The van der Waals surface area contributed by atoms with Gasteiger partial charge in [0.1, 0.15) is 0 Å². The number of fused-ring (bicyclic) bond motifs is 14. The Morgan fingerprint density at radius 2 is 0.406 bits per heavy atom. The molecule has 101 heavy (non-hydrogen) atoms. The van der Waals surface area contributed by atoms with E-state index in [1.54, 1.807) is 0 Å². The minimum Gasteiger partial charge on any atom is -0.354 e. The number of nitrogens with zero attached hydrogens (tertiary/aromatic N) is 3. The Morgan fingerprint density at radius 1 is 0.168 bits per heavy atom. The van der Waals surface area contributed by atoms with Crippen LogP contribution in [0.1, 0.15) is 0 Å². The van der Waals surface area contributed by atoms with Gasteiger partial charge in [-0.25, -0.2) is 0 Å². The summed E-state index contributed by atoms with van der Waals surface area (Å²) in [5.74, 6) is 0. The highest BCUT2D eigenvalue weighted by atomic mass is 79.9. The lowest BCUT2D eigenvalue weighted by Crippen LogP contribution is -1.95. The zero-order valence-corrected chi connectivity index (χ0v) is 56.8. The molecular weight excluding hydrogens is 1290 g/mol. The smallest absolute Gasteiger partial charge is 0.0548 e. The maximum Gasteiger partial charge on any atom is 0.0548 e. The van der Waals surface area contributed by atoms with Crippen LogP contribution in [0.25, 0.3) is 171 Å². The van der Waals surface area contributed by atoms with Crippen molar-refractivity contribution in [2.45, 2.75) is 0 Å². The summed E-state index contributed by atoms with van der Waals surface area (Å²) < 4.78 is 8.34. The molecule has 4 heterocycles. The van der Waals surface area contributed by atoms with Gasteiger partial charge in [0.2, 0.25) is 0 Å². The summed E-state index contributed by atoms with van der Waals surface area (Å²) in [4.78, 5) is 3.60. The highest BCUT2D eigenvalue weighted by Gasteiger charge is 2.22. The van der Waals surface area contributed by atoms with Crippen molar-refractivity contribution in [2.24, 2.45) is 0 Å². The standard InChI is InChI=1S/C48H32N2.C30H20N2.C18H13Br/c1-3-11-33(12-4-1)35-19-21-36(22-20-35)38-25-29-40(30-26-38)50-44-18-10-8-16-42(44)48-46(50)32-31-45-47(48)41-15-7-9-17-43(41)49(45)39-27-23-37(24-28-39)34-13-5-2-6-14-34;1-2-8-20(9-3-1)21-14-16-22(17-15-21)32-27-13-7-5-11-24(27)30-28(32)19-18-26-29(30)23-10-4-6-12-25(23)31-26;19-18-12-10-17(11-13-18)16-8-6-15(7-9-16)14-4-2-1-3-5-14/h1-32H;1-19,31H;1-13H. The van der Waals surface area contributed by atoms with Crippen molar-refractivity contribution in [3.63, 3.8) is 0 Å². The first-order chi connectivity index (χ1) is 50.0. The molecule has 0 unspecified atom stereocenters. The fraction of sp³-hybridized carbons (Fsp3) is 0. The van der Waals surface area contributed by atoms with Crippen molar-refractivity contribution in [3.8, 4) is 83.8 Å². The highest BCUT2D eigenvalue weighted by molar-refractivity contribution is 9.10. The number of aromatic amines is 1. The summed E-state index contributed by atoms with van der Waals surface area (Å²) in [5.41, 5.74) is 27.9. The van der Waals surface area contributed by atoms with Crippen LogP contribution >= 0.6 is 15.9 Å². The van der Waals surface area contributed by atoms with Crippen LogP contribution in [0.3, 0.4) is 0 Å². The van der Waals surface area contributed by atoms with Gasteiger partial charge in [-0.05, 0) is 164 Å². The molecule has 0 aliphatic carbocycles. The number of benzene rings is 16. The Labute approximate surface area is 594 Å². The average molecular weight is 1350 g/mol. The van der Waals surface area contributed by atoms with E-state index in [1.807, 2.05) is 6.07 Å². The van der Waals surface area contributed by atoms with Crippen LogP contribution in [0, 0.1) is 0 Å². The predicted octanol–water partition coefficient (Wildman–Crippen LogP) is 26.8. The maximum absolute atomic E-state index is 3.60. The summed E-state index contributed by atoms with van der Waals surface area (Å²) in [6.45, 7) is 0. The third-order valence-corrected chi connectivity index (χ3v) is 20.4. The molecule has 16 aromatic carbocycles. The monoisotopic (exact) mass is 1350 g/mol. The van der Waals surface area contributed by atoms with Crippen LogP contribution in [0.2, 0.25) is 0 Å². The van der Waals surface area contributed by atoms with Gasteiger partial charge in [0.25, 0.3) is 0 Å². The molecule has 1 N–H and O–H groups in total. The van der Waals surface area contributed by atoms with E-state index in [-0.39, 0.29) is 0 Å². The molecule has 0 atom stereocenters. The summed E-state index contributed by atoms with van der Waals surface area (Å²) in [5, 5.41) is 10.3. The summed E-state index contributed by atoms with van der Waals surface area (Å²) >= 11 is 3.46. The molecular formula is C96H65BrN4. The molecule has 0 aliphatic rings. The lowest BCUT2D eigenvalue weighted by molar-refractivity contribution is 1.17. The van der Waals surface area contributed by atoms with E-state index in [4.69, 9.17) is 0 Å². The molecule has 20 rings (SSSR count).